The van der Waals surface area contributed by atoms with Crippen molar-refractivity contribution in [3.63, 3.8) is 0 Å². The molecule has 0 aromatic heterocycles. The number of methoxy groups -OCH3 is 2. The van der Waals surface area contributed by atoms with Gasteiger partial charge in [0.15, 0.2) is 0 Å². The summed E-state index contributed by atoms with van der Waals surface area (Å²) >= 11 is 0. The zero-order valence-electron chi connectivity index (χ0n) is 12.0. The first kappa shape index (κ1) is 14.8. The molecule has 1 atom stereocenters. The number of aryl methyl sites for hydroxylation is 1. The summed E-state index contributed by atoms with van der Waals surface area (Å²) in [6.07, 6.45) is 0.800. The lowest BCUT2D eigenvalue weighted by molar-refractivity contribution is 0.188. The minimum atomic E-state index is 0.191. The Bertz CT molecular complexity index is 386. The second-order valence-corrected chi connectivity index (χ2v) is 5.02. The first-order valence-corrected chi connectivity index (χ1v) is 6.35. The Balaban J connectivity index is 3.05. The number of aliphatic hydroxyl groups is 1. The van der Waals surface area contributed by atoms with Gasteiger partial charge in [0.2, 0.25) is 0 Å². The number of hydrogen-bond acceptors (Lipinski definition) is 3. The van der Waals surface area contributed by atoms with Crippen LogP contribution in [0.3, 0.4) is 0 Å². The summed E-state index contributed by atoms with van der Waals surface area (Å²) in [7, 11) is 3.35. The van der Waals surface area contributed by atoms with Gasteiger partial charge in [0.25, 0.3) is 0 Å². The molecule has 0 aliphatic heterocycles. The van der Waals surface area contributed by atoms with Crippen molar-refractivity contribution in [1.82, 2.24) is 0 Å². The van der Waals surface area contributed by atoms with Crippen LogP contribution in [0.1, 0.15) is 25.0 Å². The maximum absolute atomic E-state index is 9.43. The third-order valence-corrected chi connectivity index (χ3v) is 3.46. The smallest absolute Gasteiger partial charge is 0.122 e. The van der Waals surface area contributed by atoms with Gasteiger partial charge in [-0.2, -0.15) is 0 Å². The molecule has 18 heavy (non-hydrogen) atoms. The van der Waals surface area contributed by atoms with E-state index in [1.165, 1.54) is 0 Å². The minimum absolute atomic E-state index is 0.191. The summed E-state index contributed by atoms with van der Waals surface area (Å²) in [5.41, 5.74) is 2.15. The molecular weight excluding hydrogens is 228 g/mol. The molecule has 1 rings (SSSR count). The Kier molecular flexibility index (Phi) is 5.48. The van der Waals surface area contributed by atoms with Crippen molar-refractivity contribution in [1.29, 1.82) is 0 Å². The van der Waals surface area contributed by atoms with Gasteiger partial charge in [-0.05, 0) is 48.4 Å². The first-order chi connectivity index (χ1) is 8.53. The van der Waals surface area contributed by atoms with Gasteiger partial charge in [0.1, 0.15) is 11.5 Å². The third-order valence-electron chi connectivity index (χ3n) is 3.46. The molecule has 3 nitrogen and oxygen atoms in total. The molecule has 1 aromatic rings. The summed E-state index contributed by atoms with van der Waals surface area (Å²) in [5.74, 6) is 2.41. The SMILES string of the molecule is COc1cc(CC(CO)C(C)C)c(OC)cc1C. The normalized spacial score (nSPS) is 12.6. The standard InChI is InChI=1S/C15H24O3/c1-10(2)13(9-16)7-12-8-14(17-4)11(3)6-15(12)18-5/h6,8,10,13,16H,7,9H2,1-5H3. The van der Waals surface area contributed by atoms with Crippen LogP contribution in [0.5, 0.6) is 11.5 Å². The molecule has 1 aromatic carbocycles. The number of aliphatic hydroxyl groups excluding tert-OH is 1. The van der Waals surface area contributed by atoms with Crippen molar-refractivity contribution in [2.75, 3.05) is 20.8 Å². The maximum Gasteiger partial charge on any atom is 0.122 e. The van der Waals surface area contributed by atoms with Crippen molar-refractivity contribution in [2.45, 2.75) is 27.2 Å². The van der Waals surface area contributed by atoms with Gasteiger partial charge in [-0.15, -0.1) is 0 Å². The Hall–Kier alpha value is -1.22. The van der Waals surface area contributed by atoms with Gasteiger partial charge in [0, 0.05) is 6.61 Å². The molecule has 102 valence electrons. The monoisotopic (exact) mass is 252 g/mol. The van der Waals surface area contributed by atoms with Crippen molar-refractivity contribution in [2.24, 2.45) is 11.8 Å². The lowest BCUT2D eigenvalue weighted by Crippen LogP contribution is -2.16. The van der Waals surface area contributed by atoms with Crippen LogP contribution >= 0.6 is 0 Å². The van der Waals surface area contributed by atoms with Crippen LogP contribution in [0.15, 0.2) is 12.1 Å². The highest BCUT2D eigenvalue weighted by Gasteiger charge is 2.17. The van der Waals surface area contributed by atoms with E-state index in [1.54, 1.807) is 14.2 Å². The molecule has 1 unspecified atom stereocenters. The molecule has 3 heteroatoms. The van der Waals surface area contributed by atoms with Gasteiger partial charge < -0.3 is 14.6 Å². The molecule has 0 aliphatic rings. The Labute approximate surface area is 110 Å². The zero-order chi connectivity index (χ0) is 13.7. The van der Waals surface area contributed by atoms with Crippen LogP contribution in [-0.2, 0) is 6.42 Å². The highest BCUT2D eigenvalue weighted by atomic mass is 16.5. The molecule has 0 radical (unpaired) electrons. The van der Waals surface area contributed by atoms with E-state index in [0.29, 0.717) is 5.92 Å². The summed E-state index contributed by atoms with van der Waals surface area (Å²) < 4.78 is 10.8. The summed E-state index contributed by atoms with van der Waals surface area (Å²) in [6, 6.07) is 4.00. The lowest BCUT2D eigenvalue weighted by Gasteiger charge is -2.20. The molecule has 0 saturated carbocycles. The second kappa shape index (κ2) is 6.64. The number of benzene rings is 1. The number of hydrogen-bond donors (Lipinski definition) is 1. The predicted octanol–water partition coefficient (Wildman–Crippen LogP) is 2.82. The second-order valence-electron chi connectivity index (χ2n) is 5.02. The average Bonchev–Trinajstić information content (AvgIpc) is 2.36. The van der Waals surface area contributed by atoms with Crippen LogP contribution in [0.25, 0.3) is 0 Å². The minimum Gasteiger partial charge on any atom is -0.496 e. The quantitative estimate of drug-likeness (QED) is 0.846. The van der Waals surface area contributed by atoms with E-state index in [0.717, 1.165) is 29.0 Å². The van der Waals surface area contributed by atoms with Crippen LogP contribution < -0.4 is 9.47 Å². The molecule has 0 fully saturated rings. The Morgan fingerprint density at radius 2 is 1.72 bits per heavy atom. The Morgan fingerprint density at radius 1 is 1.11 bits per heavy atom. The van der Waals surface area contributed by atoms with Gasteiger partial charge >= 0.3 is 0 Å². The lowest BCUT2D eigenvalue weighted by atomic mass is 9.89. The number of ether oxygens (including phenoxy) is 2. The fourth-order valence-electron chi connectivity index (χ4n) is 2.07. The van der Waals surface area contributed by atoms with Crippen LogP contribution in [0, 0.1) is 18.8 Å². The highest BCUT2D eigenvalue weighted by Crippen LogP contribution is 2.31. The van der Waals surface area contributed by atoms with E-state index in [-0.39, 0.29) is 12.5 Å². The van der Waals surface area contributed by atoms with E-state index >= 15 is 0 Å². The summed E-state index contributed by atoms with van der Waals surface area (Å²) in [5, 5.41) is 9.43. The molecule has 0 amide bonds. The summed E-state index contributed by atoms with van der Waals surface area (Å²) in [4.78, 5) is 0. The predicted molar refractivity (Wildman–Crippen MR) is 73.4 cm³/mol. The van der Waals surface area contributed by atoms with Crippen LogP contribution in [0.2, 0.25) is 0 Å². The van der Waals surface area contributed by atoms with E-state index < -0.39 is 0 Å². The zero-order valence-corrected chi connectivity index (χ0v) is 12.0. The topological polar surface area (TPSA) is 38.7 Å². The molecular formula is C15H24O3. The first-order valence-electron chi connectivity index (χ1n) is 6.35. The van der Waals surface area contributed by atoms with Crippen molar-refractivity contribution in [3.05, 3.63) is 23.3 Å². The van der Waals surface area contributed by atoms with Gasteiger partial charge in [-0.25, -0.2) is 0 Å². The van der Waals surface area contributed by atoms with E-state index in [1.807, 2.05) is 19.1 Å². The Morgan fingerprint density at radius 3 is 2.17 bits per heavy atom. The van der Waals surface area contributed by atoms with E-state index in [4.69, 9.17) is 9.47 Å². The third kappa shape index (κ3) is 3.39. The highest BCUT2D eigenvalue weighted by molar-refractivity contribution is 5.46. The van der Waals surface area contributed by atoms with E-state index in [2.05, 4.69) is 13.8 Å². The van der Waals surface area contributed by atoms with Crippen molar-refractivity contribution in [3.8, 4) is 11.5 Å². The van der Waals surface area contributed by atoms with Crippen molar-refractivity contribution >= 4 is 0 Å². The fraction of sp³-hybridized carbons (Fsp3) is 0.600. The number of rotatable bonds is 6. The molecule has 0 bridgehead atoms. The largest absolute Gasteiger partial charge is 0.496 e. The molecule has 0 aliphatic carbocycles. The van der Waals surface area contributed by atoms with Gasteiger partial charge in [-0.1, -0.05) is 13.8 Å². The van der Waals surface area contributed by atoms with Crippen LogP contribution in [0.4, 0.5) is 0 Å². The molecule has 0 heterocycles. The average molecular weight is 252 g/mol. The molecule has 0 saturated heterocycles. The van der Waals surface area contributed by atoms with Crippen LogP contribution in [-0.4, -0.2) is 25.9 Å². The van der Waals surface area contributed by atoms with Gasteiger partial charge in [-0.3, -0.25) is 0 Å². The van der Waals surface area contributed by atoms with Crippen molar-refractivity contribution < 1.29 is 14.6 Å². The van der Waals surface area contributed by atoms with Gasteiger partial charge in [0.05, 0.1) is 14.2 Å². The maximum atomic E-state index is 9.43. The molecule has 1 N–H and O–H groups in total. The summed E-state index contributed by atoms with van der Waals surface area (Å²) in [6.45, 7) is 6.44. The molecule has 0 spiro atoms. The van der Waals surface area contributed by atoms with E-state index in [9.17, 15) is 5.11 Å². The fourth-order valence-corrected chi connectivity index (χ4v) is 2.07.